The van der Waals surface area contributed by atoms with Crippen molar-refractivity contribution in [2.24, 2.45) is 0 Å². The van der Waals surface area contributed by atoms with Crippen molar-refractivity contribution in [1.82, 2.24) is 24.1 Å². The molecule has 0 amide bonds. The monoisotopic (exact) mass is 319 g/mol. The van der Waals surface area contributed by atoms with Crippen LogP contribution in [0.1, 0.15) is 24.0 Å². The number of fused-ring (bicyclic) bond motifs is 3. The summed E-state index contributed by atoms with van der Waals surface area (Å²) in [5.74, 6) is 1.15. The zero-order chi connectivity index (χ0) is 16.8. The minimum atomic E-state index is -0.100. The van der Waals surface area contributed by atoms with Crippen LogP contribution >= 0.6 is 0 Å². The van der Waals surface area contributed by atoms with Gasteiger partial charge >= 0.3 is 0 Å². The molecule has 0 atom stereocenters. The van der Waals surface area contributed by atoms with E-state index in [1.165, 1.54) is 5.56 Å². The van der Waals surface area contributed by atoms with Crippen molar-refractivity contribution in [3.63, 3.8) is 0 Å². The van der Waals surface area contributed by atoms with E-state index in [4.69, 9.17) is 0 Å². The molecular formula is C18H17N5O. The molecule has 24 heavy (non-hydrogen) atoms. The maximum atomic E-state index is 13.0. The lowest BCUT2D eigenvalue weighted by Crippen LogP contribution is -2.20. The maximum absolute atomic E-state index is 13.0. The van der Waals surface area contributed by atoms with Crippen LogP contribution in [0.25, 0.3) is 22.4 Å². The van der Waals surface area contributed by atoms with Gasteiger partial charge in [0.25, 0.3) is 11.3 Å². The third-order valence-electron chi connectivity index (χ3n) is 4.25. The standard InChI is InChI=1S/C18H17N5O/c1-4-13-5-7-14(8-6-13)22-10-9-15-16(17(22)24)11(2)19-18-20-12(3)21-23(15)18/h5-10H,4H2,1-3H3. The second-order valence-corrected chi connectivity index (χ2v) is 5.84. The number of pyridine rings is 1. The van der Waals surface area contributed by atoms with Gasteiger partial charge in [-0.25, -0.2) is 4.98 Å². The van der Waals surface area contributed by atoms with Crippen LogP contribution in [0, 0.1) is 13.8 Å². The average Bonchev–Trinajstić information content (AvgIpc) is 2.95. The lowest BCUT2D eigenvalue weighted by Gasteiger charge is -2.09. The number of nitrogens with zero attached hydrogens (tertiary/aromatic N) is 5. The summed E-state index contributed by atoms with van der Waals surface area (Å²) < 4.78 is 3.27. The van der Waals surface area contributed by atoms with Gasteiger partial charge in [-0.1, -0.05) is 19.1 Å². The Morgan fingerprint density at radius 3 is 2.50 bits per heavy atom. The van der Waals surface area contributed by atoms with E-state index in [-0.39, 0.29) is 5.56 Å². The van der Waals surface area contributed by atoms with Crippen molar-refractivity contribution in [2.45, 2.75) is 27.2 Å². The largest absolute Gasteiger partial charge is 0.284 e. The highest BCUT2D eigenvalue weighted by atomic mass is 16.1. The van der Waals surface area contributed by atoms with Gasteiger partial charge in [-0.3, -0.25) is 9.36 Å². The zero-order valence-electron chi connectivity index (χ0n) is 13.8. The molecule has 0 radical (unpaired) electrons. The van der Waals surface area contributed by atoms with Crippen LogP contribution in [0.4, 0.5) is 0 Å². The summed E-state index contributed by atoms with van der Waals surface area (Å²) in [6.45, 7) is 5.75. The van der Waals surface area contributed by atoms with Crippen LogP contribution in [0.15, 0.2) is 41.3 Å². The number of benzene rings is 1. The molecule has 0 saturated heterocycles. The Kier molecular flexibility index (Phi) is 3.19. The number of aryl methyl sites for hydroxylation is 3. The predicted molar refractivity (Wildman–Crippen MR) is 92.7 cm³/mol. The first-order valence-corrected chi connectivity index (χ1v) is 7.93. The van der Waals surface area contributed by atoms with Gasteiger partial charge in [0.1, 0.15) is 5.82 Å². The molecule has 0 N–H and O–H groups in total. The normalized spacial score (nSPS) is 11.5. The topological polar surface area (TPSA) is 65.1 Å². The molecule has 0 aliphatic carbocycles. The van der Waals surface area contributed by atoms with E-state index in [1.54, 1.807) is 15.3 Å². The van der Waals surface area contributed by atoms with Gasteiger partial charge in [-0.2, -0.15) is 9.50 Å². The van der Waals surface area contributed by atoms with Crippen molar-refractivity contribution in [2.75, 3.05) is 0 Å². The van der Waals surface area contributed by atoms with E-state index in [2.05, 4.69) is 22.0 Å². The summed E-state index contributed by atoms with van der Waals surface area (Å²) in [5.41, 5.74) is 3.37. The van der Waals surface area contributed by atoms with Crippen molar-refractivity contribution in [3.05, 3.63) is 64.0 Å². The minimum Gasteiger partial charge on any atom is -0.284 e. The van der Waals surface area contributed by atoms with Crippen LogP contribution < -0.4 is 5.56 Å². The molecule has 120 valence electrons. The van der Waals surface area contributed by atoms with E-state index >= 15 is 0 Å². The molecule has 4 aromatic rings. The molecule has 4 rings (SSSR count). The fourth-order valence-electron chi connectivity index (χ4n) is 2.98. The van der Waals surface area contributed by atoms with Crippen LogP contribution in [0.5, 0.6) is 0 Å². The van der Waals surface area contributed by atoms with Crippen LogP contribution in [-0.4, -0.2) is 24.1 Å². The zero-order valence-corrected chi connectivity index (χ0v) is 13.8. The summed E-state index contributed by atoms with van der Waals surface area (Å²) >= 11 is 0. The molecule has 0 bridgehead atoms. The predicted octanol–water partition coefficient (Wildman–Crippen LogP) is 2.61. The van der Waals surface area contributed by atoms with Crippen LogP contribution in [0.2, 0.25) is 0 Å². The summed E-state index contributed by atoms with van der Waals surface area (Å²) in [6, 6.07) is 9.91. The van der Waals surface area contributed by atoms with Gasteiger partial charge in [-0.15, -0.1) is 5.10 Å². The molecule has 0 fully saturated rings. The van der Waals surface area contributed by atoms with Gasteiger partial charge in [0.15, 0.2) is 0 Å². The smallest absolute Gasteiger partial charge is 0.266 e. The summed E-state index contributed by atoms with van der Waals surface area (Å²) in [4.78, 5) is 21.7. The van der Waals surface area contributed by atoms with Crippen molar-refractivity contribution < 1.29 is 0 Å². The van der Waals surface area contributed by atoms with Crippen molar-refractivity contribution >= 4 is 16.7 Å². The molecular weight excluding hydrogens is 302 g/mol. The van der Waals surface area contributed by atoms with E-state index in [0.29, 0.717) is 22.7 Å². The lowest BCUT2D eigenvalue weighted by molar-refractivity contribution is 0.932. The van der Waals surface area contributed by atoms with Gasteiger partial charge in [-0.05, 0) is 44.0 Å². The Morgan fingerprint density at radius 2 is 1.79 bits per heavy atom. The summed E-state index contributed by atoms with van der Waals surface area (Å²) in [7, 11) is 0. The van der Waals surface area contributed by atoms with Gasteiger partial charge in [0, 0.05) is 11.9 Å². The molecule has 6 heteroatoms. The molecule has 0 aliphatic rings. The Bertz CT molecular complexity index is 1120. The quantitative estimate of drug-likeness (QED) is 0.570. The Morgan fingerprint density at radius 1 is 1.04 bits per heavy atom. The Hall–Kier alpha value is -3.02. The second-order valence-electron chi connectivity index (χ2n) is 5.84. The van der Waals surface area contributed by atoms with E-state index in [1.807, 2.05) is 44.2 Å². The van der Waals surface area contributed by atoms with Gasteiger partial charge in [0.05, 0.1) is 16.6 Å². The highest BCUT2D eigenvalue weighted by molar-refractivity contribution is 5.82. The highest BCUT2D eigenvalue weighted by Crippen LogP contribution is 2.16. The third-order valence-corrected chi connectivity index (χ3v) is 4.25. The van der Waals surface area contributed by atoms with Crippen molar-refractivity contribution in [1.29, 1.82) is 0 Å². The minimum absolute atomic E-state index is 0.100. The fraction of sp³-hybridized carbons (Fsp3) is 0.222. The van der Waals surface area contributed by atoms with Gasteiger partial charge in [0.2, 0.25) is 0 Å². The Balaban J connectivity index is 2.02. The number of hydrogen-bond donors (Lipinski definition) is 0. The molecule has 0 spiro atoms. The van der Waals surface area contributed by atoms with E-state index < -0.39 is 0 Å². The van der Waals surface area contributed by atoms with E-state index in [0.717, 1.165) is 17.6 Å². The molecule has 0 unspecified atom stereocenters. The lowest BCUT2D eigenvalue weighted by atomic mass is 10.1. The molecule has 0 saturated carbocycles. The summed E-state index contributed by atoms with van der Waals surface area (Å²) in [5, 5.41) is 4.91. The number of rotatable bonds is 2. The third kappa shape index (κ3) is 2.11. The maximum Gasteiger partial charge on any atom is 0.266 e. The molecule has 1 aromatic carbocycles. The first-order valence-electron chi connectivity index (χ1n) is 7.93. The first kappa shape index (κ1) is 14.6. The molecule has 3 heterocycles. The van der Waals surface area contributed by atoms with Crippen LogP contribution in [0.3, 0.4) is 0 Å². The average molecular weight is 319 g/mol. The first-order chi connectivity index (χ1) is 11.6. The Labute approximate surface area is 138 Å². The van der Waals surface area contributed by atoms with E-state index in [9.17, 15) is 4.79 Å². The second kappa shape index (κ2) is 5.26. The van der Waals surface area contributed by atoms with Crippen LogP contribution in [-0.2, 0) is 6.42 Å². The molecule has 3 aromatic heterocycles. The molecule has 6 nitrogen and oxygen atoms in total. The SMILES string of the molecule is CCc1ccc(-n2ccc3c(c(C)nc4nc(C)nn43)c2=O)cc1. The highest BCUT2D eigenvalue weighted by Gasteiger charge is 2.14. The summed E-state index contributed by atoms with van der Waals surface area (Å²) in [6.07, 6.45) is 2.75. The van der Waals surface area contributed by atoms with Crippen molar-refractivity contribution in [3.8, 4) is 5.69 Å². The number of hydrogen-bond acceptors (Lipinski definition) is 4. The molecule has 0 aliphatic heterocycles. The number of aromatic nitrogens is 5. The van der Waals surface area contributed by atoms with Gasteiger partial charge < -0.3 is 0 Å². The fourth-order valence-corrected chi connectivity index (χ4v) is 2.98.